The molecule has 0 saturated carbocycles. The molecule has 3 aromatic rings. The van der Waals surface area contributed by atoms with Gasteiger partial charge in [0, 0.05) is 6.07 Å². The molecule has 35 heavy (non-hydrogen) atoms. The van der Waals surface area contributed by atoms with Crippen LogP contribution >= 0.6 is 0 Å². The van der Waals surface area contributed by atoms with Crippen molar-refractivity contribution in [1.29, 1.82) is 0 Å². The summed E-state index contributed by atoms with van der Waals surface area (Å²) in [6.07, 6.45) is -2.34. The van der Waals surface area contributed by atoms with Crippen molar-refractivity contribution in [3.05, 3.63) is 52.4 Å². The Bertz CT molecular complexity index is 1250. The Morgan fingerprint density at radius 3 is 2.40 bits per heavy atom. The van der Waals surface area contributed by atoms with E-state index in [-0.39, 0.29) is 34.6 Å². The molecule has 2 aromatic carbocycles. The average Bonchev–Trinajstić information content (AvgIpc) is 2.84. The van der Waals surface area contributed by atoms with Crippen LogP contribution in [0.4, 0.5) is 13.2 Å². The fourth-order valence-corrected chi connectivity index (χ4v) is 3.44. The molecule has 1 heterocycles. The molecule has 7 nitrogen and oxygen atoms in total. The number of esters is 1. The molecule has 0 aliphatic rings. The van der Waals surface area contributed by atoms with Crippen LogP contribution < -0.4 is 19.6 Å². The van der Waals surface area contributed by atoms with Gasteiger partial charge in [0.25, 0.3) is 0 Å². The van der Waals surface area contributed by atoms with E-state index in [1.54, 1.807) is 0 Å². The first-order chi connectivity index (χ1) is 16.7. The molecule has 0 amide bonds. The van der Waals surface area contributed by atoms with Gasteiger partial charge in [0.05, 0.1) is 31.8 Å². The van der Waals surface area contributed by atoms with E-state index in [9.17, 15) is 22.8 Å². The Morgan fingerprint density at radius 1 is 1.00 bits per heavy atom. The van der Waals surface area contributed by atoms with Crippen LogP contribution in [0, 0.1) is 0 Å². The molecule has 0 N–H and O–H groups in total. The van der Waals surface area contributed by atoms with Crippen molar-refractivity contribution in [2.45, 2.75) is 32.4 Å². The van der Waals surface area contributed by atoms with Crippen molar-refractivity contribution in [2.75, 3.05) is 27.4 Å². The molecule has 0 fully saturated rings. The van der Waals surface area contributed by atoms with Crippen LogP contribution in [0.15, 0.2) is 45.6 Å². The number of benzene rings is 2. The molecule has 0 saturated heterocycles. The van der Waals surface area contributed by atoms with E-state index in [0.29, 0.717) is 5.75 Å². The van der Waals surface area contributed by atoms with Gasteiger partial charge in [0.15, 0.2) is 18.1 Å². The van der Waals surface area contributed by atoms with E-state index < -0.39 is 35.5 Å². The zero-order valence-electron chi connectivity index (χ0n) is 19.5. The summed E-state index contributed by atoms with van der Waals surface area (Å²) in [4.78, 5) is 24.9. The second-order valence-corrected chi connectivity index (χ2v) is 7.58. The number of carbonyl (C=O) groups is 1. The zero-order chi connectivity index (χ0) is 25.6. The molecule has 0 bridgehead atoms. The lowest BCUT2D eigenvalue weighted by atomic mass is 10.0. The average molecular weight is 494 g/mol. The highest BCUT2D eigenvalue weighted by molar-refractivity contribution is 5.84. The van der Waals surface area contributed by atoms with Crippen molar-refractivity contribution in [3.8, 4) is 28.4 Å². The Morgan fingerprint density at radius 2 is 1.74 bits per heavy atom. The van der Waals surface area contributed by atoms with E-state index in [1.165, 1.54) is 44.6 Å². The maximum Gasteiger partial charge on any atom is 0.450 e. The number of methoxy groups -OCH3 is 2. The van der Waals surface area contributed by atoms with E-state index in [4.69, 9.17) is 23.4 Å². The van der Waals surface area contributed by atoms with Gasteiger partial charge in [-0.05, 0) is 36.2 Å². The first kappa shape index (κ1) is 25.9. The van der Waals surface area contributed by atoms with Crippen LogP contribution in [0.5, 0.6) is 17.2 Å². The van der Waals surface area contributed by atoms with E-state index in [0.717, 1.165) is 25.3 Å². The third kappa shape index (κ3) is 6.06. The molecular weight excluding hydrogens is 469 g/mol. The second-order valence-electron chi connectivity index (χ2n) is 7.58. The van der Waals surface area contributed by atoms with Crippen LogP contribution in [0.3, 0.4) is 0 Å². The summed E-state index contributed by atoms with van der Waals surface area (Å²) in [7, 11) is 2.71. The number of carbonyl (C=O) groups excluding carboxylic acids is 1. The molecule has 0 unspecified atom stereocenters. The largest absolute Gasteiger partial charge is 0.493 e. The first-order valence-electron chi connectivity index (χ1n) is 10.9. The minimum absolute atomic E-state index is 0.0447. The maximum absolute atomic E-state index is 13.9. The fraction of sp³-hybridized carbons (Fsp3) is 0.360. The Hall–Kier alpha value is -3.69. The first-order valence-corrected chi connectivity index (χ1v) is 10.9. The molecule has 0 aliphatic heterocycles. The number of fused-ring (bicyclic) bond motifs is 1. The lowest BCUT2D eigenvalue weighted by Gasteiger charge is -2.15. The van der Waals surface area contributed by atoms with Gasteiger partial charge in [-0.2, -0.15) is 13.2 Å². The molecule has 0 aliphatic carbocycles. The molecule has 0 atom stereocenters. The van der Waals surface area contributed by atoms with Gasteiger partial charge in [0.1, 0.15) is 11.3 Å². The minimum atomic E-state index is -4.96. The van der Waals surface area contributed by atoms with Gasteiger partial charge < -0.3 is 23.4 Å². The normalized spacial score (nSPS) is 11.4. The van der Waals surface area contributed by atoms with Crippen LogP contribution in [0.1, 0.15) is 31.9 Å². The quantitative estimate of drug-likeness (QED) is 0.268. The van der Waals surface area contributed by atoms with Crippen LogP contribution in [0.2, 0.25) is 0 Å². The van der Waals surface area contributed by atoms with Crippen molar-refractivity contribution >= 4 is 16.9 Å². The van der Waals surface area contributed by atoms with Gasteiger partial charge in [-0.25, -0.2) is 4.79 Å². The monoisotopic (exact) mass is 494 g/mol. The van der Waals surface area contributed by atoms with Gasteiger partial charge in [-0.1, -0.05) is 25.8 Å². The number of hydrogen-bond acceptors (Lipinski definition) is 7. The van der Waals surface area contributed by atoms with Gasteiger partial charge in [-0.3, -0.25) is 4.79 Å². The molecule has 10 heteroatoms. The Kier molecular flexibility index (Phi) is 8.26. The number of halogens is 3. The second kappa shape index (κ2) is 11.2. The summed E-state index contributed by atoms with van der Waals surface area (Å²) in [5.74, 6) is -1.57. The van der Waals surface area contributed by atoms with Crippen molar-refractivity contribution in [2.24, 2.45) is 0 Å². The van der Waals surface area contributed by atoms with Gasteiger partial charge >= 0.3 is 12.1 Å². The standard InChI is InChI=1S/C25H25F3O7/c1-4-5-6-11-33-21(29)14-34-16-8-9-17-19(13-16)35-24(25(26,27)28)22(23(17)30)15-7-10-18(31-2)20(12-15)32-3/h7-10,12-13H,4-6,11,14H2,1-3H3. The van der Waals surface area contributed by atoms with E-state index in [2.05, 4.69) is 0 Å². The summed E-state index contributed by atoms with van der Waals surface area (Å²) in [5, 5.41) is -0.0859. The van der Waals surface area contributed by atoms with Gasteiger partial charge in [0.2, 0.25) is 11.2 Å². The number of hydrogen-bond donors (Lipinski definition) is 0. The van der Waals surface area contributed by atoms with E-state index >= 15 is 0 Å². The lowest BCUT2D eigenvalue weighted by molar-refractivity contribution is -0.152. The fourth-order valence-electron chi connectivity index (χ4n) is 3.44. The highest BCUT2D eigenvalue weighted by Crippen LogP contribution is 2.40. The van der Waals surface area contributed by atoms with Gasteiger partial charge in [-0.15, -0.1) is 0 Å². The third-order valence-electron chi connectivity index (χ3n) is 5.16. The number of unbranched alkanes of at least 4 members (excludes halogenated alkanes) is 2. The maximum atomic E-state index is 13.9. The smallest absolute Gasteiger partial charge is 0.450 e. The molecule has 0 spiro atoms. The Balaban J connectivity index is 1.97. The SMILES string of the molecule is CCCCCOC(=O)COc1ccc2c(=O)c(-c3ccc(OC)c(OC)c3)c(C(F)(F)F)oc2c1. The summed E-state index contributed by atoms with van der Waals surface area (Å²) >= 11 is 0. The summed E-state index contributed by atoms with van der Waals surface area (Å²) < 4.78 is 67.5. The highest BCUT2D eigenvalue weighted by Gasteiger charge is 2.39. The van der Waals surface area contributed by atoms with Crippen LogP contribution in [-0.4, -0.2) is 33.4 Å². The zero-order valence-corrected chi connectivity index (χ0v) is 19.5. The lowest BCUT2D eigenvalue weighted by Crippen LogP contribution is -2.17. The number of alkyl halides is 3. The Labute approximate surface area is 199 Å². The molecule has 1 aromatic heterocycles. The minimum Gasteiger partial charge on any atom is -0.493 e. The summed E-state index contributed by atoms with van der Waals surface area (Å²) in [5.41, 5.74) is -1.92. The van der Waals surface area contributed by atoms with Crippen molar-refractivity contribution in [3.63, 3.8) is 0 Å². The summed E-state index contributed by atoms with van der Waals surface area (Å²) in [6, 6.07) is 7.78. The topological polar surface area (TPSA) is 84.2 Å². The van der Waals surface area contributed by atoms with Crippen molar-refractivity contribution < 1.29 is 41.3 Å². The summed E-state index contributed by atoms with van der Waals surface area (Å²) in [6.45, 7) is 1.85. The molecular formula is C25H25F3O7. The molecule has 188 valence electrons. The number of ether oxygens (including phenoxy) is 4. The van der Waals surface area contributed by atoms with E-state index in [1.807, 2.05) is 6.92 Å². The highest BCUT2D eigenvalue weighted by atomic mass is 19.4. The predicted molar refractivity (Wildman–Crippen MR) is 122 cm³/mol. The predicted octanol–water partition coefficient (Wildman–Crippen LogP) is 5.61. The third-order valence-corrected chi connectivity index (χ3v) is 5.16. The van der Waals surface area contributed by atoms with Crippen LogP contribution in [0.25, 0.3) is 22.1 Å². The van der Waals surface area contributed by atoms with Crippen molar-refractivity contribution in [1.82, 2.24) is 0 Å². The number of rotatable bonds is 10. The van der Waals surface area contributed by atoms with Crippen LogP contribution in [-0.2, 0) is 15.7 Å². The molecule has 3 rings (SSSR count). The molecule has 0 radical (unpaired) electrons.